The Hall–Kier alpha value is -1.70. The average Bonchev–Trinajstić information content (AvgIpc) is 3.30. The van der Waals surface area contributed by atoms with Crippen LogP contribution in [0, 0.1) is 13.8 Å². The fourth-order valence-electron chi connectivity index (χ4n) is 2.81. The first kappa shape index (κ1) is 19.1. The van der Waals surface area contributed by atoms with Crippen LogP contribution < -0.4 is 0 Å². The molecule has 1 fully saturated rings. The second-order valence-electron chi connectivity index (χ2n) is 6.89. The molecule has 26 heavy (non-hydrogen) atoms. The van der Waals surface area contributed by atoms with Crippen molar-refractivity contribution in [2.75, 3.05) is 13.6 Å². The van der Waals surface area contributed by atoms with E-state index < -0.39 is 10.0 Å². The Balaban J connectivity index is 1.73. The topological polar surface area (TPSA) is 57.7 Å². The maximum absolute atomic E-state index is 12.8. The van der Waals surface area contributed by atoms with Gasteiger partial charge in [0.25, 0.3) is 0 Å². The molecule has 1 aliphatic carbocycles. The molecule has 0 spiro atoms. The largest absolute Gasteiger partial charge is 0.334 e. The van der Waals surface area contributed by atoms with Gasteiger partial charge in [0.15, 0.2) is 0 Å². The number of carbonyl (C=O) groups is 1. The van der Waals surface area contributed by atoms with Gasteiger partial charge < -0.3 is 4.90 Å². The number of likely N-dealkylation sites (N-methyl/N-ethyl adjacent to an activating group) is 1. The van der Waals surface area contributed by atoms with Crippen LogP contribution in [0.25, 0.3) is 0 Å². The third-order valence-corrected chi connectivity index (χ3v) is 7.32. The Kier molecular flexibility index (Phi) is 5.50. The zero-order valence-corrected chi connectivity index (χ0v) is 16.9. The minimum Gasteiger partial charge on any atom is -0.334 e. The number of carbonyl (C=O) groups excluding carboxylic acids is 1. The van der Waals surface area contributed by atoms with Crippen molar-refractivity contribution in [3.8, 4) is 0 Å². The summed E-state index contributed by atoms with van der Waals surface area (Å²) < 4.78 is 26.8. The Labute approximate surface area is 159 Å². The number of sulfonamides is 1. The van der Waals surface area contributed by atoms with Crippen LogP contribution in [0.4, 0.5) is 0 Å². The Morgan fingerprint density at radius 2 is 1.92 bits per heavy atom. The summed E-state index contributed by atoms with van der Waals surface area (Å²) in [5, 5.41) is 4.01. The van der Waals surface area contributed by atoms with E-state index in [-0.39, 0.29) is 23.4 Å². The first-order chi connectivity index (χ1) is 12.3. The molecule has 5 nitrogen and oxygen atoms in total. The van der Waals surface area contributed by atoms with E-state index in [0.717, 1.165) is 33.8 Å². The van der Waals surface area contributed by atoms with Crippen molar-refractivity contribution < 1.29 is 13.2 Å². The van der Waals surface area contributed by atoms with Gasteiger partial charge in [-0.05, 0) is 72.3 Å². The smallest absolute Gasteiger partial charge is 0.243 e. The number of hydrogen-bond donors (Lipinski definition) is 0. The molecular weight excluding hydrogens is 368 g/mol. The molecular formula is C19H24N2O3S2. The van der Waals surface area contributed by atoms with Gasteiger partial charge in [-0.2, -0.15) is 15.6 Å². The molecule has 140 valence electrons. The number of nitrogens with zero attached hydrogens (tertiary/aromatic N) is 2. The summed E-state index contributed by atoms with van der Waals surface area (Å²) in [4.78, 5) is 14.8. The number of thiophene rings is 1. The Morgan fingerprint density at radius 3 is 2.50 bits per heavy atom. The molecule has 1 aliphatic rings. The summed E-state index contributed by atoms with van der Waals surface area (Å²) in [6, 6.07) is 7.30. The average molecular weight is 393 g/mol. The van der Waals surface area contributed by atoms with Crippen molar-refractivity contribution in [2.45, 2.75) is 44.2 Å². The molecule has 0 bridgehead atoms. The molecule has 2 aromatic rings. The summed E-state index contributed by atoms with van der Waals surface area (Å²) in [5.74, 6) is -0.145. The van der Waals surface area contributed by atoms with Crippen molar-refractivity contribution in [1.29, 1.82) is 0 Å². The number of hydrogen-bond acceptors (Lipinski definition) is 4. The normalized spacial score (nSPS) is 14.6. The van der Waals surface area contributed by atoms with Crippen LogP contribution in [-0.2, 0) is 21.4 Å². The van der Waals surface area contributed by atoms with E-state index >= 15 is 0 Å². The highest BCUT2D eigenvalue weighted by atomic mass is 32.2. The van der Waals surface area contributed by atoms with E-state index in [0.29, 0.717) is 6.54 Å². The second kappa shape index (κ2) is 7.50. The van der Waals surface area contributed by atoms with Crippen molar-refractivity contribution in [2.24, 2.45) is 0 Å². The third-order valence-electron chi connectivity index (χ3n) is 4.79. The lowest BCUT2D eigenvalue weighted by atomic mass is 10.1. The maximum atomic E-state index is 12.8. The molecule has 1 aromatic carbocycles. The second-order valence-corrected chi connectivity index (χ2v) is 9.72. The molecule has 0 N–H and O–H groups in total. The zero-order valence-electron chi connectivity index (χ0n) is 15.3. The summed E-state index contributed by atoms with van der Waals surface area (Å²) in [7, 11) is -2.22. The van der Waals surface area contributed by atoms with Crippen molar-refractivity contribution in [3.05, 3.63) is 51.7 Å². The fraction of sp³-hybridized carbons (Fsp3) is 0.421. The highest BCUT2D eigenvalue weighted by Gasteiger charge is 2.34. The van der Waals surface area contributed by atoms with Gasteiger partial charge in [0.05, 0.1) is 11.4 Å². The van der Waals surface area contributed by atoms with E-state index in [1.165, 1.54) is 7.05 Å². The van der Waals surface area contributed by atoms with Gasteiger partial charge in [-0.1, -0.05) is 6.07 Å². The predicted molar refractivity (Wildman–Crippen MR) is 104 cm³/mol. The minimum absolute atomic E-state index is 0.143. The van der Waals surface area contributed by atoms with E-state index in [2.05, 4.69) is 0 Å². The van der Waals surface area contributed by atoms with E-state index in [4.69, 9.17) is 0 Å². The van der Waals surface area contributed by atoms with Gasteiger partial charge in [-0.25, -0.2) is 8.42 Å². The molecule has 1 aromatic heterocycles. The summed E-state index contributed by atoms with van der Waals surface area (Å²) in [6.45, 7) is 4.23. The van der Waals surface area contributed by atoms with Crippen LogP contribution in [-0.4, -0.2) is 43.2 Å². The van der Waals surface area contributed by atoms with E-state index in [1.54, 1.807) is 29.5 Å². The van der Waals surface area contributed by atoms with Gasteiger partial charge >= 0.3 is 0 Å². The highest BCUT2D eigenvalue weighted by molar-refractivity contribution is 7.89. The zero-order chi connectivity index (χ0) is 18.9. The summed E-state index contributed by atoms with van der Waals surface area (Å²) in [6.07, 6.45) is 1.98. The number of amides is 1. The first-order valence-corrected chi connectivity index (χ1v) is 11.0. The maximum Gasteiger partial charge on any atom is 0.243 e. The van der Waals surface area contributed by atoms with Gasteiger partial charge in [-0.3, -0.25) is 4.79 Å². The van der Waals surface area contributed by atoms with Gasteiger partial charge in [0, 0.05) is 19.6 Å². The van der Waals surface area contributed by atoms with E-state index in [1.807, 2.05) is 35.6 Å². The van der Waals surface area contributed by atoms with Crippen molar-refractivity contribution in [3.63, 3.8) is 0 Å². The lowest BCUT2D eigenvalue weighted by Crippen LogP contribution is -2.41. The standard InChI is InChI=1S/C19H24N2O3S2/c1-14-4-7-18(10-15(14)2)26(23,24)20(3)12-19(22)21(17-5-6-17)11-16-8-9-25-13-16/h4,7-10,13,17H,5-6,11-12H2,1-3H3. The van der Waals surface area contributed by atoms with Crippen molar-refractivity contribution in [1.82, 2.24) is 9.21 Å². The quantitative estimate of drug-likeness (QED) is 0.727. The molecule has 0 aliphatic heterocycles. The first-order valence-electron chi connectivity index (χ1n) is 8.63. The van der Waals surface area contributed by atoms with Crippen LogP contribution in [0.5, 0.6) is 0 Å². The van der Waals surface area contributed by atoms with Crippen LogP contribution in [0.2, 0.25) is 0 Å². The predicted octanol–water partition coefficient (Wildman–Crippen LogP) is 3.18. The molecule has 1 saturated carbocycles. The summed E-state index contributed by atoms with van der Waals surface area (Å²) in [5.41, 5.74) is 3.05. The Morgan fingerprint density at radius 1 is 1.19 bits per heavy atom. The van der Waals surface area contributed by atoms with Gasteiger partial charge in [0.1, 0.15) is 0 Å². The summed E-state index contributed by atoms with van der Waals surface area (Å²) >= 11 is 1.60. The minimum atomic E-state index is -3.69. The molecule has 7 heteroatoms. The SMILES string of the molecule is Cc1ccc(S(=O)(=O)N(C)CC(=O)N(Cc2ccsc2)C2CC2)cc1C. The van der Waals surface area contributed by atoms with Gasteiger partial charge in [0.2, 0.25) is 15.9 Å². The number of benzene rings is 1. The monoisotopic (exact) mass is 392 g/mol. The fourth-order valence-corrected chi connectivity index (χ4v) is 4.67. The lowest BCUT2D eigenvalue weighted by Gasteiger charge is -2.25. The number of aryl methyl sites for hydroxylation is 2. The van der Waals surface area contributed by atoms with Crippen molar-refractivity contribution >= 4 is 27.3 Å². The van der Waals surface area contributed by atoms with E-state index in [9.17, 15) is 13.2 Å². The van der Waals surface area contributed by atoms with Crippen LogP contribution in [0.15, 0.2) is 39.9 Å². The third kappa shape index (κ3) is 4.16. The molecule has 0 unspecified atom stereocenters. The Bertz CT molecular complexity index is 888. The molecule has 0 saturated heterocycles. The molecule has 1 heterocycles. The molecule has 0 atom stereocenters. The van der Waals surface area contributed by atoms with Crippen LogP contribution >= 0.6 is 11.3 Å². The molecule has 3 rings (SSSR count). The van der Waals surface area contributed by atoms with Crippen LogP contribution in [0.1, 0.15) is 29.5 Å². The van der Waals surface area contributed by atoms with Crippen LogP contribution in [0.3, 0.4) is 0 Å². The molecule has 0 radical (unpaired) electrons. The number of rotatable bonds is 7. The molecule has 1 amide bonds. The highest BCUT2D eigenvalue weighted by Crippen LogP contribution is 2.29. The van der Waals surface area contributed by atoms with Gasteiger partial charge in [-0.15, -0.1) is 0 Å². The lowest BCUT2D eigenvalue weighted by molar-refractivity contribution is -0.132.